The maximum atomic E-state index is 12.9. The molecule has 1 saturated heterocycles. The lowest BCUT2D eigenvalue weighted by Gasteiger charge is -2.31. The van der Waals surface area contributed by atoms with E-state index in [9.17, 15) is 15.0 Å². The van der Waals surface area contributed by atoms with Crippen LogP contribution in [0.1, 0.15) is 28.4 Å². The molecule has 3 rings (SSSR count). The predicted octanol–water partition coefficient (Wildman–Crippen LogP) is 3.12. The summed E-state index contributed by atoms with van der Waals surface area (Å²) < 4.78 is 5.86. The summed E-state index contributed by atoms with van der Waals surface area (Å²) >= 11 is 0. The number of phenolic OH excluding ortho intramolecular Hbond substituents is 2. The molecular weight excluding hydrogens is 418 g/mol. The van der Waals surface area contributed by atoms with E-state index in [0.717, 1.165) is 43.4 Å². The Hall–Kier alpha value is -3.29. The zero-order chi connectivity index (χ0) is 23.8. The SMILES string of the molecule is C=C(/C=C\C(C)N1CCNCC1)CNC(=O)c1c(O)cc(O)c(C)c1OCc1ccccc1. The first-order chi connectivity index (χ1) is 15.9. The molecule has 33 heavy (non-hydrogen) atoms. The first-order valence-corrected chi connectivity index (χ1v) is 11.2. The van der Waals surface area contributed by atoms with Gasteiger partial charge in [0.05, 0.1) is 0 Å². The average molecular weight is 452 g/mol. The number of aromatic hydroxyl groups is 2. The number of nitrogens with zero attached hydrogens (tertiary/aromatic N) is 1. The Balaban J connectivity index is 1.65. The lowest BCUT2D eigenvalue weighted by Crippen LogP contribution is -2.46. The van der Waals surface area contributed by atoms with Crippen LogP contribution in [-0.2, 0) is 6.61 Å². The van der Waals surface area contributed by atoms with Gasteiger partial charge in [-0.15, -0.1) is 0 Å². The van der Waals surface area contributed by atoms with Crippen molar-refractivity contribution in [3.63, 3.8) is 0 Å². The summed E-state index contributed by atoms with van der Waals surface area (Å²) in [5.74, 6) is -0.820. The van der Waals surface area contributed by atoms with E-state index in [4.69, 9.17) is 4.74 Å². The van der Waals surface area contributed by atoms with Gasteiger partial charge in [0.15, 0.2) is 0 Å². The van der Waals surface area contributed by atoms with Gasteiger partial charge in [0, 0.05) is 50.4 Å². The molecule has 2 aromatic carbocycles. The summed E-state index contributed by atoms with van der Waals surface area (Å²) in [6.07, 6.45) is 4.00. The van der Waals surface area contributed by atoms with Crippen molar-refractivity contribution >= 4 is 5.91 Å². The van der Waals surface area contributed by atoms with Crippen LogP contribution in [0.5, 0.6) is 17.2 Å². The van der Waals surface area contributed by atoms with Gasteiger partial charge < -0.3 is 25.6 Å². The molecule has 2 aromatic rings. The van der Waals surface area contributed by atoms with Gasteiger partial charge in [-0.1, -0.05) is 49.1 Å². The minimum Gasteiger partial charge on any atom is -0.507 e. The number of hydrogen-bond acceptors (Lipinski definition) is 6. The Bertz CT molecular complexity index is 998. The third-order valence-electron chi connectivity index (χ3n) is 5.75. The third kappa shape index (κ3) is 6.60. The lowest BCUT2D eigenvalue weighted by atomic mass is 10.1. The first-order valence-electron chi connectivity index (χ1n) is 11.2. The molecule has 1 atom stereocenters. The second kappa shape index (κ2) is 11.5. The van der Waals surface area contributed by atoms with Crippen molar-refractivity contribution in [2.75, 3.05) is 32.7 Å². The zero-order valence-electron chi connectivity index (χ0n) is 19.3. The molecule has 0 bridgehead atoms. The molecule has 1 fully saturated rings. The Morgan fingerprint density at radius 1 is 1.24 bits per heavy atom. The molecule has 0 radical (unpaired) electrons. The Labute approximate surface area is 195 Å². The molecule has 7 nitrogen and oxygen atoms in total. The van der Waals surface area contributed by atoms with Crippen LogP contribution in [0.4, 0.5) is 0 Å². The van der Waals surface area contributed by atoms with Crippen molar-refractivity contribution in [2.24, 2.45) is 0 Å². The fraction of sp³-hybridized carbons (Fsp3) is 0.346. The van der Waals surface area contributed by atoms with Gasteiger partial charge in [-0.25, -0.2) is 0 Å². The molecule has 0 spiro atoms. The Kier molecular flexibility index (Phi) is 8.52. The van der Waals surface area contributed by atoms with Crippen molar-refractivity contribution in [1.29, 1.82) is 0 Å². The molecule has 4 N–H and O–H groups in total. The molecule has 176 valence electrons. The van der Waals surface area contributed by atoms with Gasteiger partial charge >= 0.3 is 0 Å². The van der Waals surface area contributed by atoms with Crippen LogP contribution in [-0.4, -0.2) is 59.8 Å². The van der Waals surface area contributed by atoms with Crippen molar-refractivity contribution < 1.29 is 19.7 Å². The molecule has 0 saturated carbocycles. The molecule has 1 heterocycles. The zero-order valence-corrected chi connectivity index (χ0v) is 19.3. The van der Waals surface area contributed by atoms with Crippen molar-refractivity contribution in [2.45, 2.75) is 26.5 Å². The van der Waals surface area contributed by atoms with E-state index >= 15 is 0 Å². The summed E-state index contributed by atoms with van der Waals surface area (Å²) in [6.45, 7) is 12.2. The third-order valence-corrected chi connectivity index (χ3v) is 5.75. The molecule has 0 aromatic heterocycles. The molecule has 1 aliphatic heterocycles. The van der Waals surface area contributed by atoms with E-state index in [0.29, 0.717) is 5.56 Å². The number of rotatable bonds is 9. The van der Waals surface area contributed by atoms with Gasteiger partial charge in [0.25, 0.3) is 5.91 Å². The number of ether oxygens (including phenoxy) is 1. The first kappa shape index (κ1) is 24.4. The molecule has 1 unspecified atom stereocenters. The monoisotopic (exact) mass is 451 g/mol. The topological polar surface area (TPSA) is 94.1 Å². The van der Waals surface area contributed by atoms with Gasteiger partial charge in [-0.05, 0) is 25.0 Å². The number of phenols is 2. The molecule has 0 aliphatic carbocycles. The van der Waals surface area contributed by atoms with E-state index < -0.39 is 5.91 Å². The average Bonchev–Trinajstić information content (AvgIpc) is 2.83. The maximum Gasteiger partial charge on any atom is 0.259 e. The van der Waals surface area contributed by atoms with Gasteiger partial charge in [0.1, 0.15) is 29.4 Å². The summed E-state index contributed by atoms with van der Waals surface area (Å²) in [5, 5.41) is 26.7. The van der Waals surface area contributed by atoms with Crippen LogP contribution >= 0.6 is 0 Å². The normalized spacial score (nSPS) is 15.3. The molecule has 7 heteroatoms. The number of carbonyl (C=O) groups is 1. The van der Waals surface area contributed by atoms with Crippen LogP contribution in [0.15, 0.2) is 60.7 Å². The molecular formula is C26H33N3O4. The Morgan fingerprint density at radius 2 is 1.94 bits per heavy atom. The summed E-state index contributed by atoms with van der Waals surface area (Å²) in [7, 11) is 0. The maximum absolute atomic E-state index is 12.9. The lowest BCUT2D eigenvalue weighted by molar-refractivity contribution is 0.0949. The van der Waals surface area contributed by atoms with Crippen LogP contribution in [0.3, 0.4) is 0 Å². The van der Waals surface area contributed by atoms with Crippen LogP contribution in [0.2, 0.25) is 0 Å². The highest BCUT2D eigenvalue weighted by Crippen LogP contribution is 2.38. The number of benzene rings is 2. The van der Waals surface area contributed by atoms with E-state index in [1.54, 1.807) is 6.92 Å². The largest absolute Gasteiger partial charge is 0.507 e. The standard InChI is InChI=1S/C26H33N3O4/c1-18(9-10-19(2)29-13-11-27-12-14-29)16-28-26(32)24-23(31)15-22(30)20(3)25(24)33-17-21-7-5-4-6-8-21/h4-10,15,19,27,30-31H,1,11-14,16-17H2,2-3H3,(H,28,32)/b10-9-. The minimum atomic E-state index is -0.497. The fourth-order valence-electron chi connectivity index (χ4n) is 3.69. The molecule has 1 amide bonds. The van der Waals surface area contributed by atoms with Crippen LogP contribution in [0, 0.1) is 6.92 Å². The molecule has 1 aliphatic rings. The highest BCUT2D eigenvalue weighted by Gasteiger charge is 2.23. The van der Waals surface area contributed by atoms with E-state index in [1.807, 2.05) is 36.4 Å². The fourth-order valence-corrected chi connectivity index (χ4v) is 3.69. The number of amides is 1. The van der Waals surface area contributed by atoms with E-state index in [2.05, 4.69) is 35.1 Å². The van der Waals surface area contributed by atoms with Gasteiger partial charge in [-0.3, -0.25) is 9.69 Å². The quantitative estimate of drug-likeness (QED) is 0.438. The van der Waals surface area contributed by atoms with Crippen molar-refractivity contribution in [1.82, 2.24) is 15.5 Å². The highest BCUT2D eigenvalue weighted by atomic mass is 16.5. The van der Waals surface area contributed by atoms with E-state index in [-0.39, 0.29) is 42.0 Å². The van der Waals surface area contributed by atoms with Gasteiger partial charge in [-0.2, -0.15) is 0 Å². The van der Waals surface area contributed by atoms with E-state index in [1.165, 1.54) is 0 Å². The number of piperazine rings is 1. The predicted molar refractivity (Wildman–Crippen MR) is 130 cm³/mol. The minimum absolute atomic E-state index is 0.00723. The Morgan fingerprint density at radius 3 is 2.64 bits per heavy atom. The summed E-state index contributed by atoms with van der Waals surface area (Å²) in [4.78, 5) is 15.3. The second-order valence-corrected chi connectivity index (χ2v) is 8.24. The summed E-state index contributed by atoms with van der Waals surface area (Å²) in [5.41, 5.74) is 2.03. The summed E-state index contributed by atoms with van der Waals surface area (Å²) in [6, 6.07) is 10.9. The van der Waals surface area contributed by atoms with Crippen LogP contribution < -0.4 is 15.4 Å². The van der Waals surface area contributed by atoms with Crippen molar-refractivity contribution in [3.05, 3.63) is 77.4 Å². The number of hydrogen-bond donors (Lipinski definition) is 4. The number of carbonyl (C=O) groups excluding carboxylic acids is 1. The highest BCUT2D eigenvalue weighted by molar-refractivity contribution is 6.00. The second-order valence-electron chi connectivity index (χ2n) is 8.24. The number of nitrogens with one attached hydrogen (secondary N) is 2. The van der Waals surface area contributed by atoms with Crippen LogP contribution in [0.25, 0.3) is 0 Å². The van der Waals surface area contributed by atoms with Crippen molar-refractivity contribution in [3.8, 4) is 17.2 Å². The smallest absolute Gasteiger partial charge is 0.259 e. The van der Waals surface area contributed by atoms with Gasteiger partial charge in [0.2, 0.25) is 0 Å².